The largest absolute Gasteiger partial charge is 0.361 e. The summed E-state index contributed by atoms with van der Waals surface area (Å²) < 4.78 is 0. The Balaban J connectivity index is 1.52. The van der Waals surface area contributed by atoms with Crippen LogP contribution in [0, 0.1) is 0 Å². The minimum atomic E-state index is -0.0373. The van der Waals surface area contributed by atoms with E-state index in [9.17, 15) is 4.79 Å². The maximum Gasteiger partial charge on any atom is 0.252 e. The van der Waals surface area contributed by atoms with Gasteiger partial charge in [-0.3, -0.25) is 4.79 Å². The fourth-order valence-corrected chi connectivity index (χ4v) is 4.27. The van der Waals surface area contributed by atoms with Crippen molar-refractivity contribution >= 4 is 39.3 Å². The highest BCUT2D eigenvalue weighted by Crippen LogP contribution is 2.36. The minimum absolute atomic E-state index is 0.00776. The summed E-state index contributed by atoms with van der Waals surface area (Å²) in [6.07, 6.45) is 4.85. The summed E-state index contributed by atoms with van der Waals surface area (Å²) >= 11 is 6.18. The van der Waals surface area contributed by atoms with Crippen molar-refractivity contribution in [1.82, 2.24) is 15.3 Å². The van der Waals surface area contributed by atoms with Gasteiger partial charge in [0.05, 0.1) is 6.04 Å². The Kier molecular flexibility index (Phi) is 3.54. The molecule has 5 rings (SSSR count). The quantitative estimate of drug-likeness (QED) is 0.455. The van der Waals surface area contributed by atoms with E-state index in [0.29, 0.717) is 5.56 Å². The monoisotopic (exact) mass is 363 g/mol. The number of aromatic nitrogens is 2. The SMILES string of the molecule is O=C(NC1CCCc2c1[nH]c1ccc(Cl)cc21)c1cccc2[nH]ccc12. The Morgan fingerprint density at radius 3 is 2.96 bits per heavy atom. The van der Waals surface area contributed by atoms with Gasteiger partial charge in [-0.2, -0.15) is 0 Å². The number of nitrogens with one attached hydrogen (secondary N) is 3. The van der Waals surface area contributed by atoms with E-state index < -0.39 is 0 Å². The average Bonchev–Trinajstić information content (AvgIpc) is 3.26. The van der Waals surface area contributed by atoms with Gasteiger partial charge in [0.15, 0.2) is 0 Å². The Hall–Kier alpha value is -2.72. The maximum atomic E-state index is 12.9. The van der Waals surface area contributed by atoms with E-state index in [-0.39, 0.29) is 11.9 Å². The molecule has 1 amide bonds. The third-order valence-electron chi connectivity index (χ3n) is 5.31. The summed E-state index contributed by atoms with van der Waals surface area (Å²) in [5.41, 5.74) is 5.15. The van der Waals surface area contributed by atoms with Crippen LogP contribution >= 0.6 is 11.6 Å². The van der Waals surface area contributed by atoms with Crippen molar-refractivity contribution in [2.75, 3.05) is 0 Å². The fraction of sp³-hybridized carbons (Fsp3) is 0.190. The van der Waals surface area contributed by atoms with Crippen molar-refractivity contribution in [2.45, 2.75) is 25.3 Å². The Morgan fingerprint density at radius 2 is 2.04 bits per heavy atom. The summed E-state index contributed by atoms with van der Waals surface area (Å²) in [4.78, 5) is 19.6. The zero-order valence-electron chi connectivity index (χ0n) is 14.1. The molecule has 1 unspecified atom stereocenters. The molecular formula is C21H18ClN3O. The zero-order chi connectivity index (χ0) is 17.7. The molecule has 1 aliphatic rings. The van der Waals surface area contributed by atoms with Gasteiger partial charge in [0.25, 0.3) is 5.91 Å². The van der Waals surface area contributed by atoms with Crippen molar-refractivity contribution in [3.8, 4) is 0 Å². The minimum Gasteiger partial charge on any atom is -0.361 e. The maximum absolute atomic E-state index is 12.9. The van der Waals surface area contributed by atoms with E-state index >= 15 is 0 Å². The molecule has 0 saturated heterocycles. The molecule has 0 saturated carbocycles. The number of hydrogen-bond acceptors (Lipinski definition) is 1. The number of amides is 1. The molecule has 4 nitrogen and oxygen atoms in total. The first kappa shape index (κ1) is 15.5. The van der Waals surface area contributed by atoms with Crippen LogP contribution in [0.25, 0.3) is 21.8 Å². The highest BCUT2D eigenvalue weighted by molar-refractivity contribution is 6.31. The van der Waals surface area contributed by atoms with Crippen LogP contribution in [0.5, 0.6) is 0 Å². The fourth-order valence-electron chi connectivity index (χ4n) is 4.10. The molecule has 4 aromatic rings. The molecular weight excluding hydrogens is 346 g/mol. The van der Waals surface area contributed by atoms with Crippen LogP contribution in [0.2, 0.25) is 5.02 Å². The van der Waals surface area contributed by atoms with Crippen molar-refractivity contribution in [3.05, 3.63) is 70.5 Å². The number of H-pyrrole nitrogens is 2. The molecule has 0 fully saturated rings. The second-order valence-corrected chi connectivity index (χ2v) is 7.31. The summed E-state index contributed by atoms with van der Waals surface area (Å²) in [6.45, 7) is 0. The Bertz CT molecular complexity index is 1140. The summed E-state index contributed by atoms with van der Waals surface area (Å²) in [5, 5.41) is 6.09. The van der Waals surface area contributed by atoms with Crippen LogP contribution in [0.15, 0.2) is 48.7 Å². The van der Waals surface area contributed by atoms with E-state index in [1.807, 2.05) is 48.7 Å². The van der Waals surface area contributed by atoms with Gasteiger partial charge in [0, 0.05) is 44.3 Å². The number of rotatable bonds is 2. The topological polar surface area (TPSA) is 60.7 Å². The number of hydrogen-bond donors (Lipinski definition) is 3. The van der Waals surface area contributed by atoms with Crippen molar-refractivity contribution in [3.63, 3.8) is 0 Å². The van der Waals surface area contributed by atoms with E-state index in [1.54, 1.807) is 0 Å². The number of halogens is 1. The van der Waals surface area contributed by atoms with Crippen LogP contribution in [-0.2, 0) is 6.42 Å². The molecule has 2 aromatic carbocycles. The van der Waals surface area contributed by atoms with E-state index in [2.05, 4.69) is 15.3 Å². The molecule has 0 radical (unpaired) electrons. The molecule has 0 bridgehead atoms. The summed E-state index contributed by atoms with van der Waals surface area (Å²) in [6, 6.07) is 13.6. The van der Waals surface area contributed by atoms with Gasteiger partial charge in [-0.15, -0.1) is 0 Å². The molecule has 0 spiro atoms. The third kappa shape index (κ3) is 2.41. The third-order valence-corrected chi connectivity index (χ3v) is 5.55. The second kappa shape index (κ2) is 5.92. The first-order chi connectivity index (χ1) is 12.7. The van der Waals surface area contributed by atoms with Crippen molar-refractivity contribution < 1.29 is 4.79 Å². The molecule has 1 aliphatic carbocycles. The van der Waals surface area contributed by atoms with Crippen molar-refractivity contribution in [1.29, 1.82) is 0 Å². The number of aryl methyl sites for hydroxylation is 1. The average molecular weight is 364 g/mol. The number of fused-ring (bicyclic) bond motifs is 4. The predicted octanol–water partition coefficient (Wildman–Crippen LogP) is 5.11. The van der Waals surface area contributed by atoms with Gasteiger partial charge < -0.3 is 15.3 Å². The first-order valence-electron chi connectivity index (χ1n) is 8.87. The van der Waals surface area contributed by atoms with E-state index in [4.69, 9.17) is 11.6 Å². The molecule has 1 atom stereocenters. The molecule has 130 valence electrons. The van der Waals surface area contributed by atoms with Crippen LogP contribution in [0.1, 0.15) is 40.5 Å². The van der Waals surface area contributed by atoms with Gasteiger partial charge in [-0.25, -0.2) is 0 Å². The van der Waals surface area contributed by atoms with Crippen LogP contribution in [0.4, 0.5) is 0 Å². The number of benzene rings is 2. The highest BCUT2D eigenvalue weighted by atomic mass is 35.5. The second-order valence-electron chi connectivity index (χ2n) is 6.87. The van der Waals surface area contributed by atoms with E-state index in [0.717, 1.165) is 46.4 Å². The number of carbonyl (C=O) groups excluding carboxylic acids is 1. The Morgan fingerprint density at radius 1 is 1.12 bits per heavy atom. The van der Waals surface area contributed by atoms with Crippen LogP contribution < -0.4 is 5.32 Å². The summed E-state index contributed by atoms with van der Waals surface area (Å²) in [7, 11) is 0. The normalized spacial score (nSPS) is 16.7. The van der Waals surface area contributed by atoms with Crippen LogP contribution in [0.3, 0.4) is 0 Å². The first-order valence-corrected chi connectivity index (χ1v) is 9.25. The highest BCUT2D eigenvalue weighted by Gasteiger charge is 2.26. The molecule has 0 aliphatic heterocycles. The Labute approximate surface area is 155 Å². The van der Waals surface area contributed by atoms with Crippen LogP contribution in [-0.4, -0.2) is 15.9 Å². The number of aromatic amines is 2. The zero-order valence-corrected chi connectivity index (χ0v) is 14.9. The number of carbonyl (C=O) groups is 1. The summed E-state index contributed by atoms with van der Waals surface area (Å²) in [5.74, 6) is -0.0373. The predicted molar refractivity (Wildman–Crippen MR) is 105 cm³/mol. The van der Waals surface area contributed by atoms with Gasteiger partial charge in [-0.1, -0.05) is 17.7 Å². The van der Waals surface area contributed by atoms with E-state index in [1.165, 1.54) is 10.9 Å². The van der Waals surface area contributed by atoms with Gasteiger partial charge in [0.1, 0.15) is 0 Å². The lowest BCUT2D eigenvalue weighted by Crippen LogP contribution is -2.31. The molecule has 26 heavy (non-hydrogen) atoms. The smallest absolute Gasteiger partial charge is 0.252 e. The van der Waals surface area contributed by atoms with Crippen molar-refractivity contribution in [2.24, 2.45) is 0 Å². The van der Waals surface area contributed by atoms with Gasteiger partial charge in [0.2, 0.25) is 0 Å². The standard InChI is InChI=1S/C21H18ClN3O/c22-12-7-8-18-16(11-12)14-3-1-6-19(20(14)24-18)25-21(26)15-4-2-5-17-13(15)9-10-23-17/h2,4-5,7-11,19,23-24H,1,3,6H2,(H,25,26). The lowest BCUT2D eigenvalue weighted by molar-refractivity contribution is 0.0933. The molecule has 3 N–H and O–H groups in total. The molecule has 5 heteroatoms. The lowest BCUT2D eigenvalue weighted by atomic mass is 9.91. The molecule has 2 heterocycles. The lowest BCUT2D eigenvalue weighted by Gasteiger charge is -2.24. The van der Waals surface area contributed by atoms with Gasteiger partial charge in [-0.05, 0) is 61.2 Å². The molecule has 2 aromatic heterocycles. The van der Waals surface area contributed by atoms with Gasteiger partial charge >= 0.3 is 0 Å².